The maximum atomic E-state index is 5.42. The molecule has 0 spiro atoms. The van der Waals surface area contributed by atoms with Crippen molar-refractivity contribution in [1.82, 2.24) is 5.16 Å². The minimum absolute atomic E-state index is 0.0656. The van der Waals surface area contributed by atoms with Gasteiger partial charge in [0, 0.05) is 10.8 Å². The lowest BCUT2D eigenvalue weighted by Crippen LogP contribution is -2.14. The van der Waals surface area contributed by atoms with Crippen LogP contribution in [0.15, 0.2) is 28.8 Å². The molecule has 0 bridgehead atoms. The number of fused-ring (bicyclic) bond motifs is 1. The van der Waals surface area contributed by atoms with Gasteiger partial charge in [-0.2, -0.15) is 0 Å². The van der Waals surface area contributed by atoms with Gasteiger partial charge in [-0.3, -0.25) is 0 Å². The normalized spacial score (nSPS) is 12.2. The lowest BCUT2D eigenvalue weighted by molar-refractivity contribution is 0.316. The number of aromatic nitrogens is 1. The van der Waals surface area contributed by atoms with Crippen molar-refractivity contribution < 1.29 is 4.52 Å². The summed E-state index contributed by atoms with van der Waals surface area (Å²) in [5.74, 6) is 0.996. The van der Waals surface area contributed by atoms with Crippen molar-refractivity contribution in [2.75, 3.05) is 0 Å². The number of rotatable bonds is 2. The van der Waals surface area contributed by atoms with Crippen LogP contribution in [0.1, 0.15) is 33.0 Å². The van der Waals surface area contributed by atoms with Crippen LogP contribution >= 0.6 is 0 Å². The van der Waals surface area contributed by atoms with Crippen LogP contribution in [0.3, 0.4) is 0 Å². The quantitative estimate of drug-likeness (QED) is 0.722. The van der Waals surface area contributed by atoms with Gasteiger partial charge >= 0.3 is 0 Å². The topological polar surface area (TPSA) is 26.0 Å². The lowest BCUT2D eigenvalue weighted by Gasteiger charge is -2.18. The Balaban J connectivity index is 2.64. The number of hydrogen-bond donors (Lipinski definition) is 0. The Kier molecular flexibility index (Phi) is 2.06. The molecule has 0 aliphatic heterocycles. The molecule has 0 unspecified atom stereocenters. The highest BCUT2D eigenvalue weighted by atomic mass is 16.5. The molecule has 0 atom stereocenters. The van der Waals surface area contributed by atoms with Crippen LogP contribution in [0.5, 0.6) is 0 Å². The van der Waals surface area contributed by atoms with Gasteiger partial charge in [-0.15, -0.1) is 0 Å². The molecular formula is C12H15NO. The molecule has 2 aromatic rings. The molecule has 2 nitrogen and oxygen atoms in total. The molecule has 1 heterocycles. The van der Waals surface area contributed by atoms with Gasteiger partial charge in [-0.25, -0.2) is 0 Å². The molecule has 0 aliphatic carbocycles. The van der Waals surface area contributed by atoms with Gasteiger partial charge < -0.3 is 4.52 Å². The molecule has 0 saturated carbocycles. The summed E-state index contributed by atoms with van der Waals surface area (Å²) in [7, 11) is 0. The van der Waals surface area contributed by atoms with Gasteiger partial charge in [-0.05, 0) is 18.6 Å². The van der Waals surface area contributed by atoms with Gasteiger partial charge in [0.1, 0.15) is 11.3 Å². The third kappa shape index (κ3) is 1.31. The maximum Gasteiger partial charge on any atom is 0.150 e. The highest BCUT2D eigenvalue weighted by Gasteiger charge is 2.25. The first-order chi connectivity index (χ1) is 6.65. The Morgan fingerprint density at radius 3 is 2.71 bits per heavy atom. The standard InChI is InChI=1S/C12H15NO/c1-4-12(2,3)11-9-7-5-6-8-10(9)13-14-11/h5-8H,4H2,1-3H3. The molecule has 2 rings (SSSR count). The van der Waals surface area contributed by atoms with Crippen molar-refractivity contribution in [3.63, 3.8) is 0 Å². The van der Waals surface area contributed by atoms with Crippen LogP contribution in [-0.4, -0.2) is 5.16 Å². The van der Waals surface area contributed by atoms with E-state index < -0.39 is 0 Å². The van der Waals surface area contributed by atoms with E-state index >= 15 is 0 Å². The summed E-state index contributed by atoms with van der Waals surface area (Å²) < 4.78 is 5.42. The van der Waals surface area contributed by atoms with Crippen LogP contribution in [0.25, 0.3) is 10.9 Å². The Labute approximate surface area is 83.9 Å². The van der Waals surface area contributed by atoms with Crippen molar-refractivity contribution in [3.8, 4) is 0 Å². The molecule has 14 heavy (non-hydrogen) atoms. The third-order valence-corrected chi connectivity index (χ3v) is 2.88. The fraction of sp³-hybridized carbons (Fsp3) is 0.417. The zero-order valence-electron chi connectivity index (χ0n) is 8.87. The van der Waals surface area contributed by atoms with Crippen LogP contribution in [-0.2, 0) is 5.41 Å². The first-order valence-corrected chi connectivity index (χ1v) is 5.00. The highest BCUT2D eigenvalue weighted by Crippen LogP contribution is 2.32. The van der Waals surface area contributed by atoms with E-state index in [1.807, 2.05) is 18.2 Å². The van der Waals surface area contributed by atoms with E-state index in [0.717, 1.165) is 23.1 Å². The Bertz CT molecular complexity index is 442. The average Bonchev–Trinajstić information content (AvgIpc) is 2.61. The molecule has 0 N–H and O–H groups in total. The molecule has 74 valence electrons. The second kappa shape index (κ2) is 3.12. The van der Waals surface area contributed by atoms with E-state index in [2.05, 4.69) is 32.0 Å². The van der Waals surface area contributed by atoms with E-state index in [9.17, 15) is 0 Å². The first kappa shape index (κ1) is 9.25. The van der Waals surface area contributed by atoms with Crippen LogP contribution < -0.4 is 0 Å². The predicted octanol–water partition coefficient (Wildman–Crippen LogP) is 3.52. The van der Waals surface area contributed by atoms with Crippen LogP contribution in [0, 0.1) is 0 Å². The van der Waals surface area contributed by atoms with Crippen LogP contribution in [0.2, 0.25) is 0 Å². The fourth-order valence-electron chi connectivity index (χ4n) is 1.54. The number of nitrogens with zero attached hydrogens (tertiary/aromatic N) is 1. The maximum absolute atomic E-state index is 5.42. The van der Waals surface area contributed by atoms with E-state index in [1.165, 1.54) is 0 Å². The van der Waals surface area contributed by atoms with Gasteiger partial charge in [0.25, 0.3) is 0 Å². The summed E-state index contributed by atoms with van der Waals surface area (Å²) in [6.45, 7) is 6.52. The monoisotopic (exact) mass is 189 g/mol. The van der Waals surface area contributed by atoms with E-state index in [0.29, 0.717) is 0 Å². The van der Waals surface area contributed by atoms with Crippen molar-refractivity contribution in [3.05, 3.63) is 30.0 Å². The molecule has 1 aromatic carbocycles. The summed E-state index contributed by atoms with van der Waals surface area (Å²) in [5.41, 5.74) is 1.01. The molecule has 0 saturated heterocycles. The molecule has 0 radical (unpaired) electrons. The Morgan fingerprint density at radius 1 is 1.29 bits per heavy atom. The summed E-state index contributed by atoms with van der Waals surface area (Å²) >= 11 is 0. The van der Waals surface area contributed by atoms with Crippen molar-refractivity contribution >= 4 is 10.9 Å². The Hall–Kier alpha value is -1.31. The second-order valence-electron chi connectivity index (χ2n) is 4.27. The average molecular weight is 189 g/mol. The SMILES string of the molecule is CCC(C)(C)c1onc2ccccc12. The largest absolute Gasteiger partial charge is 0.360 e. The number of benzene rings is 1. The van der Waals surface area contributed by atoms with Gasteiger partial charge in [0.15, 0.2) is 0 Å². The van der Waals surface area contributed by atoms with E-state index in [4.69, 9.17) is 4.52 Å². The summed E-state index contributed by atoms with van der Waals surface area (Å²) in [4.78, 5) is 0. The molecule has 2 heteroatoms. The third-order valence-electron chi connectivity index (χ3n) is 2.88. The lowest BCUT2D eigenvalue weighted by atomic mass is 9.86. The van der Waals surface area contributed by atoms with E-state index in [-0.39, 0.29) is 5.41 Å². The molecular weight excluding hydrogens is 174 g/mol. The van der Waals surface area contributed by atoms with E-state index in [1.54, 1.807) is 0 Å². The van der Waals surface area contributed by atoms with Crippen molar-refractivity contribution in [1.29, 1.82) is 0 Å². The van der Waals surface area contributed by atoms with Gasteiger partial charge in [0.2, 0.25) is 0 Å². The summed E-state index contributed by atoms with van der Waals surface area (Å²) in [6, 6.07) is 8.05. The predicted molar refractivity (Wildman–Crippen MR) is 57.3 cm³/mol. The summed E-state index contributed by atoms with van der Waals surface area (Å²) in [5, 5.41) is 5.20. The van der Waals surface area contributed by atoms with Crippen molar-refractivity contribution in [2.24, 2.45) is 0 Å². The first-order valence-electron chi connectivity index (χ1n) is 5.00. The fourth-order valence-corrected chi connectivity index (χ4v) is 1.54. The van der Waals surface area contributed by atoms with Gasteiger partial charge in [0.05, 0.1) is 0 Å². The Morgan fingerprint density at radius 2 is 2.00 bits per heavy atom. The minimum Gasteiger partial charge on any atom is -0.360 e. The van der Waals surface area contributed by atoms with Crippen LogP contribution in [0.4, 0.5) is 0 Å². The molecule has 0 amide bonds. The minimum atomic E-state index is 0.0656. The summed E-state index contributed by atoms with van der Waals surface area (Å²) in [6.07, 6.45) is 1.05. The zero-order valence-corrected chi connectivity index (χ0v) is 8.87. The molecule has 1 aromatic heterocycles. The number of hydrogen-bond acceptors (Lipinski definition) is 2. The smallest absolute Gasteiger partial charge is 0.150 e. The zero-order chi connectivity index (χ0) is 10.2. The van der Waals surface area contributed by atoms with Gasteiger partial charge in [-0.1, -0.05) is 38.1 Å². The molecule has 0 aliphatic rings. The molecule has 0 fully saturated rings. The van der Waals surface area contributed by atoms with Crippen molar-refractivity contribution in [2.45, 2.75) is 32.6 Å². The second-order valence-corrected chi connectivity index (χ2v) is 4.27. The highest BCUT2D eigenvalue weighted by molar-refractivity contribution is 5.81.